The van der Waals surface area contributed by atoms with Crippen LogP contribution in [0.4, 0.5) is 0 Å². The zero-order valence-electron chi connectivity index (χ0n) is 16.8. The van der Waals surface area contributed by atoms with E-state index in [2.05, 4.69) is 0 Å². The van der Waals surface area contributed by atoms with Crippen LogP contribution < -0.4 is 4.74 Å². The van der Waals surface area contributed by atoms with Crippen molar-refractivity contribution in [3.05, 3.63) is 64.4 Å². The summed E-state index contributed by atoms with van der Waals surface area (Å²) in [4.78, 5) is 42.7. The van der Waals surface area contributed by atoms with Crippen molar-refractivity contribution in [2.24, 2.45) is 11.8 Å². The van der Waals surface area contributed by atoms with Crippen molar-refractivity contribution in [2.45, 2.75) is 25.9 Å². The first kappa shape index (κ1) is 20.3. The molecule has 0 radical (unpaired) electrons. The third kappa shape index (κ3) is 4.03. The summed E-state index contributed by atoms with van der Waals surface area (Å²) in [6.45, 7) is 0.537. The first-order valence-corrected chi connectivity index (χ1v) is 10.9. The van der Waals surface area contributed by atoms with Crippen LogP contribution in [0, 0.1) is 11.8 Å². The molecule has 30 heavy (non-hydrogen) atoms. The van der Waals surface area contributed by atoms with Crippen LogP contribution in [0.3, 0.4) is 0 Å². The molecule has 1 aliphatic heterocycles. The first-order valence-electron chi connectivity index (χ1n) is 10.0. The number of allylic oxidation sites excluding steroid dienone is 2. The highest BCUT2D eigenvalue weighted by atomic mass is 32.1. The van der Waals surface area contributed by atoms with Gasteiger partial charge < -0.3 is 9.64 Å². The van der Waals surface area contributed by atoms with Gasteiger partial charge in [0.05, 0.1) is 25.5 Å². The lowest BCUT2D eigenvalue weighted by molar-refractivity contribution is -0.147. The summed E-state index contributed by atoms with van der Waals surface area (Å²) in [5.41, 5.74) is 0.877. The van der Waals surface area contributed by atoms with Gasteiger partial charge in [-0.2, -0.15) is 0 Å². The van der Waals surface area contributed by atoms with E-state index < -0.39 is 0 Å². The topological polar surface area (TPSA) is 66.9 Å². The molecule has 1 aromatic heterocycles. The zero-order valence-corrected chi connectivity index (χ0v) is 17.6. The number of benzene rings is 1. The number of para-hydroxylation sites is 1. The van der Waals surface area contributed by atoms with E-state index in [-0.39, 0.29) is 36.1 Å². The monoisotopic (exact) mass is 424 g/mol. The largest absolute Gasteiger partial charge is 0.496 e. The summed E-state index contributed by atoms with van der Waals surface area (Å²) in [6.07, 6.45) is 5.03. The summed E-state index contributed by atoms with van der Waals surface area (Å²) >= 11 is 1.57. The summed E-state index contributed by atoms with van der Waals surface area (Å²) < 4.78 is 5.43. The molecule has 1 saturated heterocycles. The molecule has 2 aromatic rings. The minimum absolute atomic E-state index is 0.217. The average Bonchev–Trinajstić information content (AvgIpc) is 3.36. The number of thiophene rings is 1. The summed E-state index contributed by atoms with van der Waals surface area (Å²) in [7, 11) is 1.60. The van der Waals surface area contributed by atoms with Crippen LogP contribution >= 0.6 is 11.3 Å². The lowest BCUT2D eigenvalue weighted by atomic mass is 9.85. The quantitative estimate of drug-likeness (QED) is 0.506. The number of fused-ring (bicyclic) bond motifs is 1. The number of carbonyl (C=O) groups excluding carboxylic acids is 3. The van der Waals surface area contributed by atoms with Gasteiger partial charge in [-0.15, -0.1) is 11.3 Å². The molecule has 1 aromatic carbocycles. The van der Waals surface area contributed by atoms with E-state index in [4.69, 9.17) is 4.74 Å². The normalized spacial score (nSPS) is 20.4. The van der Waals surface area contributed by atoms with Gasteiger partial charge in [0, 0.05) is 17.0 Å². The molecule has 0 bridgehead atoms. The second-order valence-corrected chi connectivity index (χ2v) is 8.59. The van der Waals surface area contributed by atoms with Crippen LogP contribution in [-0.2, 0) is 27.5 Å². The van der Waals surface area contributed by atoms with Crippen molar-refractivity contribution in [2.75, 3.05) is 13.7 Å². The number of hydrogen-bond acceptors (Lipinski definition) is 5. The highest BCUT2D eigenvalue weighted by Gasteiger charge is 2.47. The van der Waals surface area contributed by atoms with Crippen molar-refractivity contribution in [1.82, 2.24) is 9.80 Å². The van der Waals surface area contributed by atoms with Crippen molar-refractivity contribution in [3.8, 4) is 5.75 Å². The maximum Gasteiger partial charge on any atom is 0.243 e. The molecule has 4 rings (SSSR count). The smallest absolute Gasteiger partial charge is 0.243 e. The third-order valence-electron chi connectivity index (χ3n) is 5.73. The molecule has 0 unspecified atom stereocenters. The summed E-state index contributed by atoms with van der Waals surface area (Å²) in [5.74, 6) is -0.646. The number of hydrogen-bond donors (Lipinski definition) is 0. The van der Waals surface area contributed by atoms with E-state index in [0.717, 1.165) is 15.3 Å². The van der Waals surface area contributed by atoms with Crippen molar-refractivity contribution in [1.29, 1.82) is 0 Å². The van der Waals surface area contributed by atoms with E-state index in [9.17, 15) is 14.4 Å². The van der Waals surface area contributed by atoms with Crippen molar-refractivity contribution in [3.63, 3.8) is 0 Å². The maximum atomic E-state index is 13.3. The second kappa shape index (κ2) is 8.83. The van der Waals surface area contributed by atoms with Crippen LogP contribution in [0.2, 0.25) is 0 Å². The van der Waals surface area contributed by atoms with Gasteiger partial charge in [0.2, 0.25) is 17.7 Å². The van der Waals surface area contributed by atoms with Gasteiger partial charge >= 0.3 is 0 Å². The number of amides is 3. The Labute approximate surface area is 179 Å². The van der Waals surface area contributed by atoms with Crippen LogP contribution in [-0.4, -0.2) is 41.2 Å². The molecule has 0 saturated carbocycles. The van der Waals surface area contributed by atoms with Gasteiger partial charge in [0.25, 0.3) is 0 Å². The van der Waals surface area contributed by atoms with Crippen LogP contribution in [0.1, 0.15) is 23.3 Å². The maximum absolute atomic E-state index is 13.3. The second-order valence-electron chi connectivity index (χ2n) is 7.56. The van der Waals surface area contributed by atoms with Gasteiger partial charge in [-0.3, -0.25) is 19.3 Å². The fourth-order valence-corrected chi connectivity index (χ4v) is 4.84. The fraction of sp³-hybridized carbons (Fsp3) is 0.348. The molecule has 2 heterocycles. The van der Waals surface area contributed by atoms with Gasteiger partial charge in [-0.25, -0.2) is 0 Å². The highest BCUT2D eigenvalue weighted by Crippen LogP contribution is 2.35. The predicted molar refractivity (Wildman–Crippen MR) is 114 cm³/mol. The molecule has 3 amide bonds. The number of nitrogens with zero attached hydrogens (tertiary/aromatic N) is 2. The summed E-state index contributed by atoms with van der Waals surface area (Å²) in [6, 6.07) is 11.5. The Kier molecular flexibility index (Phi) is 5.99. The highest BCUT2D eigenvalue weighted by molar-refractivity contribution is 7.09. The van der Waals surface area contributed by atoms with E-state index in [1.165, 1.54) is 0 Å². The molecule has 156 valence electrons. The van der Waals surface area contributed by atoms with E-state index >= 15 is 0 Å². The number of methoxy groups -OCH3 is 1. The lowest BCUT2D eigenvalue weighted by Gasteiger charge is -2.25. The Morgan fingerprint density at radius 3 is 2.40 bits per heavy atom. The lowest BCUT2D eigenvalue weighted by Crippen LogP contribution is -2.42. The molecule has 6 nitrogen and oxygen atoms in total. The minimum atomic E-state index is -0.324. The Morgan fingerprint density at radius 1 is 1.07 bits per heavy atom. The van der Waals surface area contributed by atoms with Crippen LogP contribution in [0.5, 0.6) is 5.75 Å². The molecule has 1 aliphatic carbocycles. The van der Waals surface area contributed by atoms with Gasteiger partial charge in [-0.05, 0) is 30.4 Å². The van der Waals surface area contributed by atoms with E-state index in [1.54, 1.807) is 23.3 Å². The Hall–Kier alpha value is -2.93. The zero-order chi connectivity index (χ0) is 21.1. The minimum Gasteiger partial charge on any atom is -0.496 e. The van der Waals surface area contributed by atoms with Gasteiger partial charge in [-0.1, -0.05) is 36.4 Å². The number of imide groups is 1. The average molecular weight is 425 g/mol. The van der Waals surface area contributed by atoms with Gasteiger partial charge in [0.1, 0.15) is 12.3 Å². The van der Waals surface area contributed by atoms with Crippen molar-refractivity contribution < 1.29 is 19.1 Å². The SMILES string of the molecule is COc1ccccc1CN(Cc1cccs1)C(=O)CN1C(=O)[C@H]2CC=CC[C@@H]2C1=O. The number of rotatable bonds is 7. The van der Waals surface area contributed by atoms with Crippen LogP contribution in [0.15, 0.2) is 53.9 Å². The molecular formula is C23H24N2O4S. The molecule has 2 atom stereocenters. The molecule has 0 spiro atoms. The standard InChI is InChI=1S/C23H24N2O4S/c1-29-20-11-5-2-7-16(20)13-24(14-17-8-6-12-30-17)21(26)15-25-22(27)18-9-3-4-10-19(18)23(25)28/h2-8,11-12,18-19H,9-10,13-15H2,1H3/t18-,19-/m0/s1. The third-order valence-corrected chi connectivity index (χ3v) is 6.59. The number of likely N-dealkylation sites (tertiary alicyclic amines) is 1. The molecule has 2 aliphatic rings. The summed E-state index contributed by atoms with van der Waals surface area (Å²) in [5, 5.41) is 1.96. The number of ether oxygens (including phenoxy) is 1. The molecule has 7 heteroatoms. The van der Waals surface area contributed by atoms with E-state index in [0.29, 0.717) is 31.7 Å². The Bertz CT molecular complexity index is 943. The predicted octanol–water partition coefficient (Wildman–Crippen LogP) is 3.24. The molecule has 0 N–H and O–H groups in total. The number of carbonyl (C=O) groups is 3. The van der Waals surface area contributed by atoms with Crippen LogP contribution in [0.25, 0.3) is 0 Å². The Morgan fingerprint density at radius 2 is 1.77 bits per heavy atom. The fourth-order valence-electron chi connectivity index (χ4n) is 4.12. The van der Waals surface area contributed by atoms with E-state index in [1.807, 2.05) is 53.9 Å². The van der Waals surface area contributed by atoms with Gasteiger partial charge in [0.15, 0.2) is 0 Å². The Balaban J connectivity index is 1.53. The molecule has 1 fully saturated rings. The molecular weight excluding hydrogens is 400 g/mol. The first-order chi connectivity index (χ1) is 14.6. The van der Waals surface area contributed by atoms with Crippen molar-refractivity contribution >= 4 is 29.1 Å².